The lowest BCUT2D eigenvalue weighted by Gasteiger charge is -2.24. The Hall–Kier alpha value is -2.07. The molecule has 2 aromatic carbocycles. The van der Waals surface area contributed by atoms with E-state index in [-0.39, 0.29) is 21.4 Å². The molecule has 0 aromatic heterocycles. The monoisotopic (exact) mass is 444 g/mol. The normalized spacial score (nSPS) is 13.2. The third-order valence-electron chi connectivity index (χ3n) is 3.48. The first-order valence-electron chi connectivity index (χ1n) is 6.92. The SMILES string of the molecule is CC(O)(CNC(=O)c1cccc([N+](=O)[O-])c1I)c1ccc(F)cc1. The van der Waals surface area contributed by atoms with E-state index in [0.717, 1.165) is 0 Å². The zero-order valence-electron chi connectivity index (χ0n) is 12.6. The van der Waals surface area contributed by atoms with Crippen molar-refractivity contribution in [1.29, 1.82) is 0 Å². The van der Waals surface area contributed by atoms with E-state index in [4.69, 9.17) is 0 Å². The third kappa shape index (κ3) is 4.06. The van der Waals surface area contributed by atoms with Crippen LogP contribution in [0, 0.1) is 19.5 Å². The first-order chi connectivity index (χ1) is 11.2. The Morgan fingerprint density at radius 3 is 2.54 bits per heavy atom. The minimum absolute atomic E-state index is 0.129. The molecule has 8 heteroatoms. The molecular weight excluding hydrogens is 430 g/mol. The average Bonchev–Trinajstić information content (AvgIpc) is 2.53. The van der Waals surface area contributed by atoms with Crippen LogP contribution in [0.25, 0.3) is 0 Å². The second-order valence-electron chi connectivity index (χ2n) is 5.36. The highest BCUT2D eigenvalue weighted by Gasteiger charge is 2.25. The van der Waals surface area contributed by atoms with Crippen LogP contribution in [-0.4, -0.2) is 22.5 Å². The average molecular weight is 444 g/mol. The second kappa shape index (κ2) is 7.22. The summed E-state index contributed by atoms with van der Waals surface area (Å²) < 4.78 is 13.2. The zero-order valence-corrected chi connectivity index (χ0v) is 14.8. The molecule has 1 atom stereocenters. The molecule has 0 aliphatic rings. The molecule has 0 saturated carbocycles. The Bertz CT molecular complexity index is 778. The number of carbonyl (C=O) groups excluding carboxylic acids is 1. The van der Waals surface area contributed by atoms with Gasteiger partial charge in [0.25, 0.3) is 11.6 Å². The first-order valence-corrected chi connectivity index (χ1v) is 8.00. The molecule has 24 heavy (non-hydrogen) atoms. The van der Waals surface area contributed by atoms with Crippen LogP contribution in [-0.2, 0) is 5.60 Å². The maximum Gasteiger partial charge on any atom is 0.283 e. The fraction of sp³-hybridized carbons (Fsp3) is 0.188. The predicted molar refractivity (Wildman–Crippen MR) is 94.1 cm³/mol. The third-order valence-corrected chi connectivity index (χ3v) is 4.61. The summed E-state index contributed by atoms with van der Waals surface area (Å²) in [6.45, 7) is 1.36. The van der Waals surface area contributed by atoms with Gasteiger partial charge in [-0.25, -0.2) is 4.39 Å². The summed E-state index contributed by atoms with van der Waals surface area (Å²) in [5.41, 5.74) is -0.971. The minimum atomic E-state index is -1.41. The van der Waals surface area contributed by atoms with Crippen molar-refractivity contribution >= 4 is 34.2 Å². The number of rotatable bonds is 5. The van der Waals surface area contributed by atoms with Gasteiger partial charge in [0.2, 0.25) is 0 Å². The Kier molecular flexibility index (Phi) is 5.50. The van der Waals surface area contributed by atoms with Crippen LogP contribution in [0.3, 0.4) is 0 Å². The molecule has 0 aliphatic heterocycles. The summed E-state index contributed by atoms with van der Waals surface area (Å²) in [6, 6.07) is 9.50. The molecule has 1 amide bonds. The summed E-state index contributed by atoms with van der Waals surface area (Å²) in [5, 5.41) is 23.9. The van der Waals surface area contributed by atoms with E-state index in [0.29, 0.717) is 5.56 Å². The number of benzene rings is 2. The molecule has 2 rings (SSSR count). The number of carbonyl (C=O) groups is 1. The maximum absolute atomic E-state index is 13.0. The maximum atomic E-state index is 13.0. The molecule has 0 bridgehead atoms. The van der Waals surface area contributed by atoms with Crippen LogP contribution in [0.5, 0.6) is 0 Å². The van der Waals surface area contributed by atoms with Gasteiger partial charge in [0.1, 0.15) is 15.0 Å². The van der Waals surface area contributed by atoms with Gasteiger partial charge in [-0.15, -0.1) is 0 Å². The van der Waals surface area contributed by atoms with Gasteiger partial charge in [-0.05, 0) is 53.3 Å². The number of nitro groups is 1. The van der Waals surface area contributed by atoms with Gasteiger partial charge in [-0.2, -0.15) is 0 Å². The van der Waals surface area contributed by atoms with Gasteiger partial charge in [0, 0.05) is 6.07 Å². The van der Waals surface area contributed by atoms with Crippen LogP contribution in [0.15, 0.2) is 42.5 Å². The zero-order chi connectivity index (χ0) is 17.9. The Morgan fingerprint density at radius 1 is 1.33 bits per heavy atom. The molecule has 0 spiro atoms. The van der Waals surface area contributed by atoms with E-state index in [1.165, 1.54) is 49.4 Å². The van der Waals surface area contributed by atoms with Crippen LogP contribution in [0.2, 0.25) is 0 Å². The van der Waals surface area contributed by atoms with E-state index >= 15 is 0 Å². The van der Waals surface area contributed by atoms with E-state index in [9.17, 15) is 24.4 Å². The largest absolute Gasteiger partial charge is 0.384 e. The quantitative estimate of drug-likeness (QED) is 0.422. The van der Waals surface area contributed by atoms with E-state index in [2.05, 4.69) is 5.32 Å². The lowest BCUT2D eigenvalue weighted by atomic mass is 9.96. The second-order valence-corrected chi connectivity index (χ2v) is 6.44. The molecule has 126 valence electrons. The van der Waals surface area contributed by atoms with E-state index < -0.39 is 22.2 Å². The number of nitrogens with zero attached hydrogens (tertiary/aromatic N) is 1. The summed E-state index contributed by atoms with van der Waals surface area (Å²) in [7, 11) is 0. The Balaban J connectivity index is 2.14. The topological polar surface area (TPSA) is 92.5 Å². The number of hydrogen-bond donors (Lipinski definition) is 2. The highest BCUT2D eigenvalue weighted by atomic mass is 127. The molecule has 0 saturated heterocycles. The molecule has 1 unspecified atom stereocenters. The van der Waals surface area contributed by atoms with E-state index in [1.807, 2.05) is 0 Å². The Morgan fingerprint density at radius 2 is 1.96 bits per heavy atom. The Labute approximate surface area is 151 Å². The molecule has 2 N–H and O–H groups in total. The summed E-state index contributed by atoms with van der Waals surface area (Å²) in [6.07, 6.45) is 0. The minimum Gasteiger partial charge on any atom is -0.384 e. The molecular formula is C16H14FIN2O4. The number of nitrogens with one attached hydrogen (secondary N) is 1. The van der Waals surface area contributed by atoms with Gasteiger partial charge < -0.3 is 10.4 Å². The van der Waals surface area contributed by atoms with Crippen molar-refractivity contribution in [3.63, 3.8) is 0 Å². The van der Waals surface area contributed by atoms with Crippen molar-refractivity contribution in [2.75, 3.05) is 6.54 Å². The van der Waals surface area contributed by atoms with Crippen molar-refractivity contribution < 1.29 is 19.2 Å². The summed E-state index contributed by atoms with van der Waals surface area (Å²) >= 11 is 1.74. The van der Waals surface area contributed by atoms with Crippen molar-refractivity contribution in [3.05, 3.63) is 73.1 Å². The smallest absolute Gasteiger partial charge is 0.283 e. The van der Waals surface area contributed by atoms with Gasteiger partial charge in [-0.3, -0.25) is 14.9 Å². The van der Waals surface area contributed by atoms with Crippen molar-refractivity contribution in [2.45, 2.75) is 12.5 Å². The summed E-state index contributed by atoms with van der Waals surface area (Å²) in [4.78, 5) is 22.6. The van der Waals surface area contributed by atoms with Gasteiger partial charge >= 0.3 is 0 Å². The lowest BCUT2D eigenvalue weighted by molar-refractivity contribution is -0.385. The van der Waals surface area contributed by atoms with Gasteiger partial charge in [-0.1, -0.05) is 18.2 Å². The van der Waals surface area contributed by atoms with Crippen LogP contribution >= 0.6 is 22.6 Å². The molecule has 0 aliphatic carbocycles. The molecule has 0 fully saturated rings. The fourth-order valence-electron chi connectivity index (χ4n) is 2.09. The van der Waals surface area contributed by atoms with E-state index in [1.54, 1.807) is 22.6 Å². The van der Waals surface area contributed by atoms with Gasteiger partial charge in [0.05, 0.1) is 17.0 Å². The molecule has 0 heterocycles. The van der Waals surface area contributed by atoms with Crippen molar-refractivity contribution in [1.82, 2.24) is 5.32 Å². The first kappa shape index (κ1) is 18.3. The van der Waals surface area contributed by atoms with Crippen molar-refractivity contribution in [3.8, 4) is 0 Å². The van der Waals surface area contributed by atoms with Crippen LogP contribution in [0.1, 0.15) is 22.8 Å². The summed E-state index contributed by atoms with van der Waals surface area (Å²) in [5.74, 6) is -0.963. The highest BCUT2D eigenvalue weighted by molar-refractivity contribution is 14.1. The number of hydrogen-bond acceptors (Lipinski definition) is 4. The number of aliphatic hydroxyl groups is 1. The predicted octanol–water partition coefficient (Wildman–Crippen LogP) is 2.98. The van der Waals surface area contributed by atoms with Crippen LogP contribution < -0.4 is 5.32 Å². The number of halogens is 2. The molecule has 0 radical (unpaired) electrons. The fourth-order valence-corrected chi connectivity index (χ4v) is 2.90. The van der Waals surface area contributed by atoms with Gasteiger partial charge in [0.15, 0.2) is 0 Å². The lowest BCUT2D eigenvalue weighted by Crippen LogP contribution is -2.38. The number of nitro benzene ring substituents is 1. The molecule has 2 aromatic rings. The highest BCUT2D eigenvalue weighted by Crippen LogP contribution is 2.25. The van der Waals surface area contributed by atoms with Crippen LogP contribution in [0.4, 0.5) is 10.1 Å². The number of amides is 1. The van der Waals surface area contributed by atoms with Crippen molar-refractivity contribution in [2.24, 2.45) is 0 Å². The molecule has 6 nitrogen and oxygen atoms in total. The standard InChI is InChI=1S/C16H14FIN2O4/c1-16(22,10-5-7-11(17)8-6-10)9-19-15(21)12-3-2-4-13(14(12)18)20(23)24/h2-8,22H,9H2,1H3,(H,19,21).